The van der Waals surface area contributed by atoms with Gasteiger partial charge in [0.2, 0.25) is 5.91 Å². The highest BCUT2D eigenvalue weighted by Crippen LogP contribution is 2.38. The molecule has 1 spiro atoms. The van der Waals surface area contributed by atoms with E-state index in [-0.39, 0.29) is 11.7 Å². The topological polar surface area (TPSA) is 46.2 Å². The van der Waals surface area contributed by atoms with Gasteiger partial charge in [0.05, 0.1) is 0 Å². The Balaban J connectivity index is 2.24. The largest absolute Gasteiger partial charge is 0.355 e. The van der Waals surface area contributed by atoms with E-state index in [9.17, 15) is 9.59 Å². The summed E-state index contributed by atoms with van der Waals surface area (Å²) >= 11 is 0. The molecule has 1 atom stereocenters. The third-order valence-corrected chi connectivity index (χ3v) is 3.54. The molecule has 0 aromatic carbocycles. The van der Waals surface area contributed by atoms with Gasteiger partial charge in [-0.1, -0.05) is 12.8 Å². The van der Waals surface area contributed by atoms with Crippen molar-refractivity contribution in [2.24, 2.45) is 5.41 Å². The van der Waals surface area contributed by atoms with E-state index in [2.05, 4.69) is 5.32 Å². The van der Waals surface area contributed by atoms with Crippen LogP contribution in [0.25, 0.3) is 0 Å². The maximum absolute atomic E-state index is 11.9. The Morgan fingerprint density at radius 2 is 1.79 bits per heavy atom. The van der Waals surface area contributed by atoms with E-state index in [1.165, 1.54) is 0 Å². The van der Waals surface area contributed by atoms with Crippen LogP contribution in [0.1, 0.15) is 44.9 Å². The fourth-order valence-electron chi connectivity index (χ4n) is 2.65. The molecule has 1 N–H and O–H groups in total. The fraction of sp³-hybridized carbons (Fsp3) is 0.818. The Kier molecular flexibility index (Phi) is 2.57. The van der Waals surface area contributed by atoms with Crippen LogP contribution in [-0.2, 0) is 9.59 Å². The Labute approximate surface area is 84.2 Å². The highest BCUT2D eigenvalue weighted by atomic mass is 16.2. The Morgan fingerprint density at radius 3 is 2.57 bits per heavy atom. The van der Waals surface area contributed by atoms with Crippen molar-refractivity contribution in [3.63, 3.8) is 0 Å². The molecular weight excluding hydrogens is 178 g/mol. The summed E-state index contributed by atoms with van der Waals surface area (Å²) in [5.74, 6) is 0.183. The first-order chi connectivity index (χ1) is 6.76. The first-order valence-electron chi connectivity index (χ1n) is 5.57. The lowest BCUT2D eigenvalue weighted by Gasteiger charge is -2.33. The van der Waals surface area contributed by atoms with Crippen molar-refractivity contribution in [2.75, 3.05) is 6.54 Å². The average Bonchev–Trinajstić information content (AvgIpc) is 2.36. The summed E-state index contributed by atoms with van der Waals surface area (Å²) in [6.45, 7) is 0.744. The minimum atomic E-state index is -0.630. The van der Waals surface area contributed by atoms with Crippen LogP contribution in [0.5, 0.6) is 0 Å². The zero-order valence-corrected chi connectivity index (χ0v) is 8.47. The zero-order chi connectivity index (χ0) is 10.0. The SMILES string of the molecule is O=C1CCCCCC12CCCNC2=O. The summed E-state index contributed by atoms with van der Waals surface area (Å²) in [5.41, 5.74) is -0.630. The third kappa shape index (κ3) is 1.45. The van der Waals surface area contributed by atoms with Crippen LogP contribution in [0.3, 0.4) is 0 Å². The van der Waals surface area contributed by atoms with Gasteiger partial charge in [0.15, 0.2) is 0 Å². The van der Waals surface area contributed by atoms with Crippen molar-refractivity contribution >= 4 is 11.7 Å². The van der Waals surface area contributed by atoms with Crippen LogP contribution < -0.4 is 5.32 Å². The van der Waals surface area contributed by atoms with Crippen LogP contribution >= 0.6 is 0 Å². The third-order valence-electron chi connectivity index (χ3n) is 3.54. The van der Waals surface area contributed by atoms with Gasteiger partial charge in [0, 0.05) is 13.0 Å². The Bertz CT molecular complexity index is 262. The van der Waals surface area contributed by atoms with E-state index in [0.29, 0.717) is 6.42 Å². The summed E-state index contributed by atoms with van der Waals surface area (Å²) in [6.07, 6.45) is 6.20. The summed E-state index contributed by atoms with van der Waals surface area (Å²) in [6, 6.07) is 0. The number of hydrogen-bond acceptors (Lipinski definition) is 2. The molecule has 3 heteroatoms. The van der Waals surface area contributed by atoms with Crippen molar-refractivity contribution in [2.45, 2.75) is 44.9 Å². The van der Waals surface area contributed by atoms with Gasteiger partial charge in [-0.05, 0) is 25.7 Å². The van der Waals surface area contributed by atoms with Crippen molar-refractivity contribution in [1.29, 1.82) is 0 Å². The molecule has 2 aliphatic rings. The molecule has 1 aliphatic heterocycles. The summed E-state index contributed by atoms with van der Waals surface area (Å²) in [7, 11) is 0. The van der Waals surface area contributed by atoms with Crippen LogP contribution in [0.15, 0.2) is 0 Å². The van der Waals surface area contributed by atoms with Crippen molar-refractivity contribution in [3.05, 3.63) is 0 Å². The molecule has 0 bridgehead atoms. The van der Waals surface area contributed by atoms with Gasteiger partial charge in [-0.15, -0.1) is 0 Å². The lowest BCUT2D eigenvalue weighted by Crippen LogP contribution is -2.50. The summed E-state index contributed by atoms with van der Waals surface area (Å²) < 4.78 is 0. The molecule has 0 radical (unpaired) electrons. The maximum Gasteiger partial charge on any atom is 0.233 e. The van der Waals surface area contributed by atoms with Gasteiger partial charge in [-0.25, -0.2) is 0 Å². The number of rotatable bonds is 0. The minimum absolute atomic E-state index is 0.00403. The standard InChI is InChI=1S/C11H17NO2/c13-9-5-2-1-3-6-11(9)7-4-8-12-10(11)14/h1-8H2,(H,12,14). The van der Waals surface area contributed by atoms with Crippen molar-refractivity contribution < 1.29 is 9.59 Å². The highest BCUT2D eigenvalue weighted by molar-refractivity contribution is 6.06. The Hall–Kier alpha value is -0.860. The second-order valence-electron chi connectivity index (χ2n) is 4.43. The van der Waals surface area contributed by atoms with Gasteiger partial charge < -0.3 is 5.32 Å². The number of carbonyl (C=O) groups is 2. The molecular formula is C11H17NO2. The van der Waals surface area contributed by atoms with Gasteiger partial charge in [0.1, 0.15) is 11.2 Å². The van der Waals surface area contributed by atoms with Gasteiger partial charge in [0.25, 0.3) is 0 Å². The molecule has 78 valence electrons. The summed E-state index contributed by atoms with van der Waals surface area (Å²) in [4.78, 5) is 23.7. The van der Waals surface area contributed by atoms with Gasteiger partial charge in [-0.2, -0.15) is 0 Å². The molecule has 1 heterocycles. The fourth-order valence-corrected chi connectivity index (χ4v) is 2.65. The smallest absolute Gasteiger partial charge is 0.233 e. The minimum Gasteiger partial charge on any atom is -0.355 e. The van der Waals surface area contributed by atoms with E-state index in [1.807, 2.05) is 0 Å². The second kappa shape index (κ2) is 3.71. The molecule has 1 amide bonds. The predicted molar refractivity (Wildman–Crippen MR) is 52.8 cm³/mol. The normalized spacial score (nSPS) is 34.0. The molecule has 2 rings (SSSR count). The van der Waals surface area contributed by atoms with Crippen LogP contribution in [0.4, 0.5) is 0 Å². The number of nitrogens with one attached hydrogen (secondary N) is 1. The number of carbonyl (C=O) groups excluding carboxylic acids is 2. The Morgan fingerprint density at radius 1 is 1.00 bits per heavy atom. The lowest BCUT2D eigenvalue weighted by molar-refractivity contribution is -0.144. The highest BCUT2D eigenvalue weighted by Gasteiger charge is 2.46. The first-order valence-corrected chi connectivity index (χ1v) is 5.57. The molecule has 0 aromatic heterocycles. The van der Waals surface area contributed by atoms with Crippen molar-refractivity contribution in [1.82, 2.24) is 5.32 Å². The maximum atomic E-state index is 11.9. The van der Waals surface area contributed by atoms with Crippen LogP contribution in [0, 0.1) is 5.41 Å². The predicted octanol–water partition coefficient (Wildman–Crippen LogP) is 1.42. The van der Waals surface area contributed by atoms with E-state index in [4.69, 9.17) is 0 Å². The molecule has 1 aliphatic carbocycles. The van der Waals surface area contributed by atoms with Gasteiger partial charge in [-0.3, -0.25) is 9.59 Å². The molecule has 1 saturated heterocycles. The number of amides is 1. The second-order valence-corrected chi connectivity index (χ2v) is 4.43. The van der Waals surface area contributed by atoms with Crippen LogP contribution in [0.2, 0.25) is 0 Å². The molecule has 3 nitrogen and oxygen atoms in total. The average molecular weight is 195 g/mol. The summed E-state index contributed by atoms with van der Waals surface area (Å²) in [5, 5.41) is 2.84. The van der Waals surface area contributed by atoms with E-state index >= 15 is 0 Å². The van der Waals surface area contributed by atoms with Crippen LogP contribution in [-0.4, -0.2) is 18.2 Å². The molecule has 1 saturated carbocycles. The first kappa shape index (κ1) is 9.69. The van der Waals surface area contributed by atoms with E-state index in [1.54, 1.807) is 0 Å². The number of ketones is 1. The number of piperidine rings is 1. The number of Topliss-reactive ketones (excluding diaryl/α,β-unsaturated/α-hetero) is 1. The van der Waals surface area contributed by atoms with Gasteiger partial charge >= 0.3 is 0 Å². The quantitative estimate of drug-likeness (QED) is 0.594. The van der Waals surface area contributed by atoms with Crippen molar-refractivity contribution in [3.8, 4) is 0 Å². The van der Waals surface area contributed by atoms with E-state index in [0.717, 1.165) is 45.1 Å². The zero-order valence-electron chi connectivity index (χ0n) is 8.47. The molecule has 2 fully saturated rings. The molecule has 14 heavy (non-hydrogen) atoms. The van der Waals surface area contributed by atoms with E-state index < -0.39 is 5.41 Å². The molecule has 1 unspecified atom stereocenters. The number of hydrogen-bond donors (Lipinski definition) is 1. The molecule has 0 aromatic rings. The monoisotopic (exact) mass is 195 g/mol. The lowest BCUT2D eigenvalue weighted by atomic mass is 9.73.